The number of hydrogen-bond donors (Lipinski definition) is 2. The summed E-state index contributed by atoms with van der Waals surface area (Å²) in [4.78, 5) is 12.2. The minimum absolute atomic E-state index is 0.0453. The average molecular weight is 282 g/mol. The number of amides is 1. The number of rotatable bonds is 5. The van der Waals surface area contributed by atoms with Crippen LogP contribution in [0.2, 0.25) is 0 Å². The quantitative estimate of drug-likeness (QED) is 0.871. The minimum Gasteiger partial charge on any atom is -0.494 e. The first-order valence-electron chi connectivity index (χ1n) is 6.64. The first-order chi connectivity index (χ1) is 9.29. The largest absolute Gasteiger partial charge is 0.494 e. The molecule has 0 saturated carbocycles. The summed E-state index contributed by atoms with van der Waals surface area (Å²) in [6.07, 6.45) is 0.688. The van der Waals surface area contributed by atoms with Gasteiger partial charge in [0, 0.05) is 11.6 Å². The Kier molecular flexibility index (Phi) is 5.51. The molecule has 0 saturated heterocycles. The van der Waals surface area contributed by atoms with Crippen LogP contribution in [-0.4, -0.2) is 25.6 Å². The van der Waals surface area contributed by atoms with E-state index in [2.05, 4.69) is 5.32 Å². The van der Waals surface area contributed by atoms with Crippen LogP contribution in [0.4, 0.5) is 4.39 Å². The molecule has 0 aliphatic heterocycles. The lowest BCUT2D eigenvalue weighted by molar-refractivity contribution is 0.0898. The van der Waals surface area contributed by atoms with Gasteiger partial charge in [-0.25, -0.2) is 4.39 Å². The van der Waals surface area contributed by atoms with Crippen LogP contribution in [0.5, 0.6) is 5.75 Å². The maximum absolute atomic E-state index is 13.3. The van der Waals surface area contributed by atoms with Crippen LogP contribution >= 0.6 is 0 Å². The minimum atomic E-state index is -0.488. The Labute approximate surface area is 119 Å². The van der Waals surface area contributed by atoms with E-state index in [4.69, 9.17) is 10.5 Å². The van der Waals surface area contributed by atoms with Crippen molar-refractivity contribution in [1.29, 1.82) is 0 Å². The van der Waals surface area contributed by atoms with Gasteiger partial charge in [-0.05, 0) is 36.6 Å². The van der Waals surface area contributed by atoms with E-state index in [-0.39, 0.29) is 23.1 Å². The fourth-order valence-electron chi connectivity index (χ4n) is 1.93. The molecule has 1 rings (SSSR count). The number of methoxy groups -OCH3 is 1. The van der Waals surface area contributed by atoms with Crippen molar-refractivity contribution >= 4 is 5.91 Å². The average Bonchev–Trinajstić information content (AvgIpc) is 2.37. The van der Waals surface area contributed by atoms with Crippen molar-refractivity contribution in [3.05, 3.63) is 29.6 Å². The standard InChI is InChI=1S/C15H23FN2O2/c1-15(2,3)13(7-8-17)18-14(19)10-5-6-11(16)12(9-10)20-4/h5-6,9,13H,7-8,17H2,1-4H3,(H,18,19). The van der Waals surface area contributed by atoms with Crippen LogP contribution in [-0.2, 0) is 0 Å². The van der Waals surface area contributed by atoms with Crippen LogP contribution in [0.1, 0.15) is 37.6 Å². The maximum atomic E-state index is 13.3. The highest BCUT2D eigenvalue weighted by molar-refractivity contribution is 5.94. The molecule has 1 atom stereocenters. The molecule has 4 nitrogen and oxygen atoms in total. The predicted molar refractivity (Wildman–Crippen MR) is 77.3 cm³/mol. The van der Waals surface area contributed by atoms with Gasteiger partial charge in [-0.1, -0.05) is 20.8 Å². The highest BCUT2D eigenvalue weighted by Crippen LogP contribution is 2.23. The molecule has 5 heteroatoms. The molecule has 0 fully saturated rings. The molecule has 1 aromatic carbocycles. The Morgan fingerprint density at radius 2 is 2.10 bits per heavy atom. The molecule has 0 aliphatic rings. The van der Waals surface area contributed by atoms with Crippen molar-refractivity contribution in [2.24, 2.45) is 11.1 Å². The summed E-state index contributed by atoms with van der Waals surface area (Å²) in [6.45, 7) is 6.62. The lowest BCUT2D eigenvalue weighted by Gasteiger charge is -2.31. The van der Waals surface area contributed by atoms with Crippen LogP contribution in [0.25, 0.3) is 0 Å². The predicted octanol–water partition coefficient (Wildman–Crippen LogP) is 2.33. The van der Waals surface area contributed by atoms with Crippen molar-refractivity contribution in [1.82, 2.24) is 5.32 Å². The molecule has 1 unspecified atom stereocenters. The van der Waals surface area contributed by atoms with Crippen molar-refractivity contribution in [2.75, 3.05) is 13.7 Å². The van der Waals surface area contributed by atoms with E-state index >= 15 is 0 Å². The van der Waals surface area contributed by atoms with Gasteiger partial charge in [0.1, 0.15) is 0 Å². The second-order valence-electron chi connectivity index (χ2n) is 5.82. The first-order valence-corrected chi connectivity index (χ1v) is 6.64. The van der Waals surface area contributed by atoms with E-state index in [1.165, 1.54) is 25.3 Å². The number of nitrogens with two attached hydrogens (primary N) is 1. The Morgan fingerprint density at radius 1 is 1.45 bits per heavy atom. The van der Waals surface area contributed by atoms with Gasteiger partial charge in [0.2, 0.25) is 0 Å². The number of carbonyl (C=O) groups excluding carboxylic acids is 1. The highest BCUT2D eigenvalue weighted by Gasteiger charge is 2.26. The summed E-state index contributed by atoms with van der Waals surface area (Å²) in [6, 6.07) is 4.02. The van der Waals surface area contributed by atoms with Crippen LogP contribution in [0.15, 0.2) is 18.2 Å². The van der Waals surface area contributed by atoms with E-state index in [1.54, 1.807) is 0 Å². The van der Waals surface area contributed by atoms with Crippen molar-refractivity contribution < 1.29 is 13.9 Å². The Balaban J connectivity index is 2.89. The van der Waals surface area contributed by atoms with Gasteiger partial charge in [0.05, 0.1) is 7.11 Å². The Bertz CT molecular complexity index is 469. The zero-order valence-corrected chi connectivity index (χ0v) is 12.5. The fraction of sp³-hybridized carbons (Fsp3) is 0.533. The lowest BCUT2D eigenvalue weighted by atomic mass is 9.84. The summed E-state index contributed by atoms with van der Waals surface area (Å²) in [5, 5.41) is 2.95. The molecule has 1 aromatic rings. The summed E-state index contributed by atoms with van der Waals surface area (Å²) in [5.74, 6) is -0.682. The molecule has 1 amide bonds. The summed E-state index contributed by atoms with van der Waals surface area (Å²) in [7, 11) is 1.37. The third-order valence-electron chi connectivity index (χ3n) is 3.22. The van der Waals surface area contributed by atoms with Crippen molar-refractivity contribution in [2.45, 2.75) is 33.2 Å². The molecule has 3 N–H and O–H groups in total. The molecule has 0 radical (unpaired) electrons. The summed E-state index contributed by atoms with van der Waals surface area (Å²) < 4.78 is 18.2. The van der Waals surface area contributed by atoms with E-state index in [9.17, 15) is 9.18 Å². The number of hydrogen-bond acceptors (Lipinski definition) is 3. The van der Waals surface area contributed by atoms with Crippen LogP contribution < -0.4 is 15.8 Å². The topological polar surface area (TPSA) is 64.3 Å². The van der Waals surface area contributed by atoms with E-state index < -0.39 is 5.82 Å². The molecule has 0 spiro atoms. The molecule has 20 heavy (non-hydrogen) atoms. The monoisotopic (exact) mass is 282 g/mol. The van der Waals surface area contributed by atoms with Crippen LogP contribution in [0, 0.1) is 11.2 Å². The van der Waals surface area contributed by atoms with Crippen molar-refractivity contribution in [3.8, 4) is 5.75 Å². The van der Waals surface area contributed by atoms with Gasteiger partial charge in [-0.15, -0.1) is 0 Å². The third-order valence-corrected chi connectivity index (χ3v) is 3.22. The maximum Gasteiger partial charge on any atom is 0.251 e. The third kappa shape index (κ3) is 4.20. The molecule has 0 heterocycles. The summed E-state index contributed by atoms with van der Waals surface area (Å²) in [5.41, 5.74) is 5.86. The van der Waals surface area contributed by atoms with Gasteiger partial charge in [0.15, 0.2) is 11.6 Å². The Hall–Kier alpha value is -1.62. The van der Waals surface area contributed by atoms with Gasteiger partial charge >= 0.3 is 0 Å². The van der Waals surface area contributed by atoms with E-state index in [1.807, 2.05) is 20.8 Å². The second-order valence-corrected chi connectivity index (χ2v) is 5.82. The number of nitrogens with one attached hydrogen (secondary N) is 1. The van der Waals surface area contributed by atoms with Gasteiger partial charge in [-0.2, -0.15) is 0 Å². The molecule has 112 valence electrons. The first kappa shape index (κ1) is 16.4. The Morgan fingerprint density at radius 3 is 2.60 bits per heavy atom. The van der Waals surface area contributed by atoms with Gasteiger partial charge < -0.3 is 15.8 Å². The number of carbonyl (C=O) groups is 1. The normalized spacial score (nSPS) is 12.9. The number of halogens is 1. The van der Waals surface area contributed by atoms with Crippen molar-refractivity contribution in [3.63, 3.8) is 0 Å². The van der Waals surface area contributed by atoms with Gasteiger partial charge in [-0.3, -0.25) is 4.79 Å². The summed E-state index contributed by atoms with van der Waals surface area (Å²) >= 11 is 0. The van der Waals surface area contributed by atoms with E-state index in [0.29, 0.717) is 18.5 Å². The fourth-order valence-corrected chi connectivity index (χ4v) is 1.93. The van der Waals surface area contributed by atoms with Crippen LogP contribution in [0.3, 0.4) is 0 Å². The molecule has 0 bridgehead atoms. The van der Waals surface area contributed by atoms with E-state index in [0.717, 1.165) is 0 Å². The number of ether oxygens (including phenoxy) is 1. The molecular formula is C15H23FN2O2. The second kappa shape index (κ2) is 6.70. The van der Waals surface area contributed by atoms with Gasteiger partial charge in [0.25, 0.3) is 5.91 Å². The molecule has 0 aromatic heterocycles. The smallest absolute Gasteiger partial charge is 0.251 e. The zero-order valence-electron chi connectivity index (χ0n) is 12.5. The zero-order chi connectivity index (χ0) is 15.3. The lowest BCUT2D eigenvalue weighted by Crippen LogP contribution is -2.44. The SMILES string of the molecule is COc1cc(C(=O)NC(CCN)C(C)(C)C)ccc1F. The number of benzene rings is 1. The highest BCUT2D eigenvalue weighted by atomic mass is 19.1. The molecular weight excluding hydrogens is 259 g/mol. The molecule has 0 aliphatic carbocycles.